The maximum atomic E-state index is 12.8. The van der Waals surface area contributed by atoms with E-state index in [4.69, 9.17) is 4.74 Å². The van der Waals surface area contributed by atoms with Gasteiger partial charge in [-0.2, -0.15) is 0 Å². The second-order valence-electron chi connectivity index (χ2n) is 5.20. The first-order valence-corrected chi connectivity index (χ1v) is 8.73. The lowest BCUT2D eigenvalue weighted by Gasteiger charge is -2.11. The van der Waals surface area contributed by atoms with Gasteiger partial charge in [-0.3, -0.25) is 4.99 Å². The number of nitrogens with one attached hydrogen (secondary N) is 2. The Morgan fingerprint density at radius 1 is 1.25 bits per heavy atom. The highest BCUT2D eigenvalue weighted by molar-refractivity contribution is 7.11. The molecule has 1 aromatic carbocycles. The molecule has 0 radical (unpaired) electrons. The Balaban J connectivity index is 1.57. The van der Waals surface area contributed by atoms with Gasteiger partial charge in [-0.25, -0.2) is 9.37 Å². The lowest BCUT2D eigenvalue weighted by Crippen LogP contribution is -2.39. The highest BCUT2D eigenvalue weighted by atomic mass is 32.1. The van der Waals surface area contributed by atoms with Gasteiger partial charge in [0.25, 0.3) is 0 Å². The van der Waals surface area contributed by atoms with Crippen molar-refractivity contribution in [2.75, 3.05) is 26.7 Å². The number of benzene rings is 1. The minimum Gasteiger partial charge on any atom is -0.494 e. The van der Waals surface area contributed by atoms with Crippen LogP contribution in [0.1, 0.15) is 16.3 Å². The van der Waals surface area contributed by atoms with Crippen molar-refractivity contribution in [2.24, 2.45) is 4.99 Å². The zero-order valence-corrected chi connectivity index (χ0v) is 14.8. The van der Waals surface area contributed by atoms with Crippen molar-refractivity contribution in [3.05, 3.63) is 46.2 Å². The lowest BCUT2D eigenvalue weighted by molar-refractivity contribution is 0.310. The molecular weight excluding hydrogens is 327 g/mol. The van der Waals surface area contributed by atoms with E-state index in [1.807, 2.05) is 6.20 Å². The first-order chi connectivity index (χ1) is 11.7. The molecule has 0 saturated carbocycles. The molecule has 1 heterocycles. The van der Waals surface area contributed by atoms with Crippen LogP contribution in [0.4, 0.5) is 4.39 Å². The third kappa shape index (κ3) is 6.54. The zero-order chi connectivity index (χ0) is 17.2. The molecule has 2 aromatic rings. The molecule has 0 saturated heterocycles. The summed E-state index contributed by atoms with van der Waals surface area (Å²) in [5.41, 5.74) is 0. The summed E-state index contributed by atoms with van der Waals surface area (Å²) in [5.74, 6) is 1.19. The second-order valence-corrected chi connectivity index (χ2v) is 6.52. The third-order valence-corrected chi connectivity index (χ3v) is 4.19. The molecule has 0 aliphatic rings. The normalized spacial score (nSPS) is 11.4. The van der Waals surface area contributed by atoms with E-state index in [9.17, 15) is 4.39 Å². The molecule has 1 aromatic heterocycles. The minimum absolute atomic E-state index is 0.258. The minimum atomic E-state index is -0.258. The SMILES string of the molecule is CN=C(NCCCOc1ccc(F)cc1)NCCc1ncc(C)s1. The van der Waals surface area contributed by atoms with Crippen molar-refractivity contribution in [3.8, 4) is 5.75 Å². The molecule has 0 amide bonds. The van der Waals surface area contributed by atoms with E-state index >= 15 is 0 Å². The van der Waals surface area contributed by atoms with E-state index in [2.05, 4.69) is 27.5 Å². The summed E-state index contributed by atoms with van der Waals surface area (Å²) in [6, 6.07) is 6.04. The number of hydrogen-bond acceptors (Lipinski definition) is 4. The molecule has 0 unspecified atom stereocenters. The summed E-state index contributed by atoms with van der Waals surface area (Å²) in [7, 11) is 1.75. The number of aromatic nitrogens is 1. The Bertz CT molecular complexity index is 642. The molecule has 0 aliphatic heterocycles. The fraction of sp³-hybridized carbons (Fsp3) is 0.412. The topological polar surface area (TPSA) is 58.5 Å². The molecular formula is C17H23FN4OS. The van der Waals surface area contributed by atoms with Crippen LogP contribution in [0.25, 0.3) is 0 Å². The molecule has 0 fully saturated rings. The van der Waals surface area contributed by atoms with Crippen molar-refractivity contribution in [2.45, 2.75) is 19.8 Å². The maximum Gasteiger partial charge on any atom is 0.190 e. The van der Waals surface area contributed by atoms with Gasteiger partial charge in [-0.05, 0) is 37.6 Å². The monoisotopic (exact) mass is 350 g/mol. The Hall–Kier alpha value is -2.15. The van der Waals surface area contributed by atoms with Gasteiger partial charge in [0.2, 0.25) is 0 Å². The molecule has 5 nitrogen and oxygen atoms in total. The highest BCUT2D eigenvalue weighted by Crippen LogP contribution is 2.11. The van der Waals surface area contributed by atoms with Crippen LogP contribution in [-0.2, 0) is 6.42 Å². The van der Waals surface area contributed by atoms with Crippen molar-refractivity contribution in [1.29, 1.82) is 0 Å². The molecule has 2 rings (SSSR count). The van der Waals surface area contributed by atoms with Crippen LogP contribution in [0.5, 0.6) is 5.75 Å². The number of guanidine groups is 1. The van der Waals surface area contributed by atoms with Gasteiger partial charge in [0.15, 0.2) is 5.96 Å². The standard InChI is InChI=1S/C17H23FN4OS/c1-13-12-22-16(24-13)8-10-21-17(19-2)20-9-3-11-23-15-6-4-14(18)5-7-15/h4-7,12H,3,8-11H2,1-2H3,(H2,19,20,21). The van der Waals surface area contributed by atoms with Crippen LogP contribution in [0, 0.1) is 12.7 Å². The third-order valence-electron chi connectivity index (χ3n) is 3.22. The quantitative estimate of drug-likeness (QED) is 0.437. The first kappa shape index (κ1) is 18.2. The fourth-order valence-electron chi connectivity index (χ4n) is 2.03. The van der Waals surface area contributed by atoms with Gasteiger partial charge in [-0.1, -0.05) is 0 Å². The van der Waals surface area contributed by atoms with Crippen LogP contribution in [0.15, 0.2) is 35.5 Å². The van der Waals surface area contributed by atoms with Crippen LogP contribution < -0.4 is 15.4 Å². The Labute approximate surface area is 146 Å². The summed E-state index contributed by atoms with van der Waals surface area (Å²) in [6.07, 6.45) is 3.60. The lowest BCUT2D eigenvalue weighted by atomic mass is 10.3. The Kier molecular flexibility index (Phi) is 7.48. The average Bonchev–Trinajstić information content (AvgIpc) is 3.00. The van der Waals surface area contributed by atoms with E-state index in [-0.39, 0.29) is 5.82 Å². The number of hydrogen-bond donors (Lipinski definition) is 2. The van der Waals surface area contributed by atoms with E-state index in [1.165, 1.54) is 17.0 Å². The van der Waals surface area contributed by atoms with Gasteiger partial charge in [0.1, 0.15) is 11.6 Å². The number of ether oxygens (including phenoxy) is 1. The smallest absolute Gasteiger partial charge is 0.190 e. The predicted octanol–water partition coefficient (Wildman–Crippen LogP) is 2.77. The summed E-state index contributed by atoms with van der Waals surface area (Å²) < 4.78 is 18.3. The van der Waals surface area contributed by atoms with Crippen LogP contribution in [-0.4, -0.2) is 37.7 Å². The number of thiazole rings is 1. The van der Waals surface area contributed by atoms with E-state index in [0.29, 0.717) is 12.4 Å². The number of aryl methyl sites for hydroxylation is 1. The predicted molar refractivity (Wildman–Crippen MR) is 96.4 cm³/mol. The van der Waals surface area contributed by atoms with Gasteiger partial charge in [0, 0.05) is 37.6 Å². The van der Waals surface area contributed by atoms with E-state index in [1.54, 1.807) is 30.5 Å². The summed E-state index contributed by atoms with van der Waals surface area (Å²) in [5, 5.41) is 7.63. The second kappa shape index (κ2) is 9.87. The molecule has 0 bridgehead atoms. The molecule has 7 heteroatoms. The van der Waals surface area contributed by atoms with Gasteiger partial charge >= 0.3 is 0 Å². The largest absolute Gasteiger partial charge is 0.494 e. The summed E-state index contributed by atoms with van der Waals surface area (Å²) in [6.45, 7) is 4.16. The average molecular weight is 350 g/mol. The molecule has 0 spiro atoms. The molecule has 0 atom stereocenters. The molecule has 0 aliphatic carbocycles. The van der Waals surface area contributed by atoms with E-state index < -0.39 is 0 Å². The van der Waals surface area contributed by atoms with Gasteiger partial charge in [-0.15, -0.1) is 11.3 Å². The van der Waals surface area contributed by atoms with Crippen molar-refractivity contribution >= 4 is 17.3 Å². The zero-order valence-electron chi connectivity index (χ0n) is 14.0. The van der Waals surface area contributed by atoms with Crippen molar-refractivity contribution < 1.29 is 9.13 Å². The molecule has 2 N–H and O–H groups in total. The molecule has 130 valence electrons. The van der Waals surface area contributed by atoms with Crippen LogP contribution >= 0.6 is 11.3 Å². The summed E-state index contributed by atoms with van der Waals surface area (Å²) >= 11 is 1.72. The summed E-state index contributed by atoms with van der Waals surface area (Å²) in [4.78, 5) is 9.75. The van der Waals surface area contributed by atoms with E-state index in [0.717, 1.165) is 36.9 Å². The van der Waals surface area contributed by atoms with Crippen LogP contribution in [0.3, 0.4) is 0 Å². The number of aliphatic imine (C=N–C) groups is 1. The fourth-order valence-corrected chi connectivity index (χ4v) is 2.81. The highest BCUT2D eigenvalue weighted by Gasteiger charge is 2.01. The number of rotatable bonds is 8. The van der Waals surface area contributed by atoms with Crippen LogP contribution in [0.2, 0.25) is 0 Å². The Morgan fingerprint density at radius 3 is 2.67 bits per heavy atom. The van der Waals surface area contributed by atoms with Gasteiger partial charge in [0.05, 0.1) is 11.6 Å². The van der Waals surface area contributed by atoms with Crippen molar-refractivity contribution in [1.82, 2.24) is 15.6 Å². The number of halogens is 1. The van der Waals surface area contributed by atoms with Gasteiger partial charge < -0.3 is 15.4 Å². The Morgan fingerprint density at radius 2 is 2.00 bits per heavy atom. The maximum absolute atomic E-state index is 12.8. The van der Waals surface area contributed by atoms with Crippen molar-refractivity contribution in [3.63, 3.8) is 0 Å². The first-order valence-electron chi connectivity index (χ1n) is 7.91. The molecule has 24 heavy (non-hydrogen) atoms. The number of nitrogens with zero attached hydrogens (tertiary/aromatic N) is 2.